The molecule has 0 radical (unpaired) electrons. The van der Waals surface area contributed by atoms with Crippen LogP contribution in [0.3, 0.4) is 0 Å². The molecule has 0 amide bonds. The summed E-state index contributed by atoms with van der Waals surface area (Å²) >= 11 is 0. The van der Waals surface area contributed by atoms with Crippen LogP contribution >= 0.6 is 0 Å². The van der Waals surface area contributed by atoms with Crippen LogP contribution in [-0.4, -0.2) is 14.6 Å². The van der Waals surface area contributed by atoms with Crippen molar-refractivity contribution in [2.75, 3.05) is 0 Å². The number of nitrogens with zero attached hydrogens (tertiary/aromatic N) is 2. The molecule has 4 nitrogen and oxygen atoms in total. The Hall–Kier alpha value is -2.36. The van der Waals surface area contributed by atoms with Crippen LogP contribution in [0.15, 0.2) is 47.3 Å². The topological polar surface area (TPSA) is 50.2 Å². The van der Waals surface area contributed by atoms with Crippen LogP contribution in [0.4, 0.5) is 0 Å². The summed E-state index contributed by atoms with van der Waals surface area (Å²) in [6, 6.07) is 13.0. The largest absolute Gasteiger partial charge is 0.269 e. The van der Waals surface area contributed by atoms with Gasteiger partial charge in [0.15, 0.2) is 5.82 Å². The molecule has 2 heterocycles. The summed E-state index contributed by atoms with van der Waals surface area (Å²) in [4.78, 5) is 11.8. The maximum absolute atomic E-state index is 11.8. The highest BCUT2D eigenvalue weighted by molar-refractivity contribution is 5.62. The van der Waals surface area contributed by atoms with Crippen molar-refractivity contribution in [3.63, 3.8) is 0 Å². The van der Waals surface area contributed by atoms with Crippen LogP contribution in [0.5, 0.6) is 0 Å². The van der Waals surface area contributed by atoms with Gasteiger partial charge in [0.25, 0.3) is 5.56 Å². The molecule has 1 N–H and O–H groups in total. The van der Waals surface area contributed by atoms with Crippen LogP contribution in [0, 0.1) is 6.92 Å². The molecule has 4 heteroatoms. The zero-order chi connectivity index (χ0) is 11.8. The molecule has 0 saturated carbocycles. The maximum Gasteiger partial charge on any atom is 0.257 e. The number of aryl methyl sites for hydroxylation is 1. The van der Waals surface area contributed by atoms with Crippen LogP contribution in [0.1, 0.15) is 5.56 Å². The lowest BCUT2D eigenvalue weighted by atomic mass is 10.1. The molecule has 0 fully saturated rings. The van der Waals surface area contributed by atoms with Crippen molar-refractivity contribution in [2.45, 2.75) is 6.92 Å². The lowest BCUT2D eigenvalue weighted by molar-refractivity contribution is 1.09. The van der Waals surface area contributed by atoms with Gasteiger partial charge in [0, 0.05) is 11.6 Å². The molecule has 0 saturated heterocycles. The van der Waals surface area contributed by atoms with Crippen molar-refractivity contribution in [3.05, 3.63) is 58.4 Å². The molecule has 0 atom stereocenters. The van der Waals surface area contributed by atoms with E-state index in [0.717, 1.165) is 11.1 Å². The van der Waals surface area contributed by atoms with Gasteiger partial charge in [-0.2, -0.15) is 5.10 Å². The Morgan fingerprint density at radius 1 is 1.12 bits per heavy atom. The van der Waals surface area contributed by atoms with E-state index in [1.807, 2.05) is 37.3 Å². The van der Waals surface area contributed by atoms with Crippen molar-refractivity contribution < 1.29 is 0 Å². The smallest absolute Gasteiger partial charge is 0.257 e. The predicted octanol–water partition coefficient (Wildman–Crippen LogP) is 2.00. The van der Waals surface area contributed by atoms with Crippen molar-refractivity contribution in [3.8, 4) is 11.4 Å². The molecule has 0 unspecified atom stereocenters. The standard InChI is InChI=1S/C13H11N3O/c1-9-5-2-3-6-10(9)13-15-14-11-7-4-8-12(17)16(11)13/h2-8,14H,1H3. The highest BCUT2D eigenvalue weighted by atomic mass is 16.1. The summed E-state index contributed by atoms with van der Waals surface area (Å²) in [5.74, 6) is 0.656. The van der Waals surface area contributed by atoms with E-state index in [1.54, 1.807) is 10.5 Å². The predicted molar refractivity (Wildman–Crippen MR) is 66.0 cm³/mol. The molecule has 1 aromatic carbocycles. The van der Waals surface area contributed by atoms with E-state index in [4.69, 9.17) is 0 Å². The summed E-state index contributed by atoms with van der Waals surface area (Å²) in [6.45, 7) is 2.00. The second kappa shape index (κ2) is 3.59. The van der Waals surface area contributed by atoms with E-state index < -0.39 is 0 Å². The van der Waals surface area contributed by atoms with Crippen molar-refractivity contribution >= 4 is 5.65 Å². The third-order valence-corrected chi connectivity index (χ3v) is 2.83. The minimum atomic E-state index is -0.0745. The highest BCUT2D eigenvalue weighted by Gasteiger charge is 2.10. The zero-order valence-electron chi connectivity index (χ0n) is 9.34. The SMILES string of the molecule is Cc1ccccc1-c1n[nH]c2cccc(=O)n12. The first-order valence-electron chi connectivity index (χ1n) is 5.39. The summed E-state index contributed by atoms with van der Waals surface area (Å²) in [6.07, 6.45) is 0. The summed E-state index contributed by atoms with van der Waals surface area (Å²) in [5.41, 5.74) is 2.69. The number of aromatic amines is 1. The Morgan fingerprint density at radius 2 is 1.94 bits per heavy atom. The van der Waals surface area contributed by atoms with E-state index in [9.17, 15) is 4.79 Å². The number of hydrogen-bond acceptors (Lipinski definition) is 2. The van der Waals surface area contributed by atoms with E-state index in [1.165, 1.54) is 6.07 Å². The van der Waals surface area contributed by atoms with Crippen molar-refractivity contribution in [1.29, 1.82) is 0 Å². The lowest BCUT2D eigenvalue weighted by Gasteiger charge is -2.02. The molecule has 0 spiro atoms. The van der Waals surface area contributed by atoms with Gasteiger partial charge in [-0.25, -0.2) is 4.40 Å². The summed E-state index contributed by atoms with van der Waals surface area (Å²) in [7, 11) is 0. The Bertz CT molecular complexity index is 740. The van der Waals surface area contributed by atoms with E-state index in [0.29, 0.717) is 11.5 Å². The fraction of sp³-hybridized carbons (Fsp3) is 0.0769. The second-order valence-electron chi connectivity index (χ2n) is 3.95. The van der Waals surface area contributed by atoms with Gasteiger partial charge < -0.3 is 0 Å². The van der Waals surface area contributed by atoms with Crippen LogP contribution in [-0.2, 0) is 0 Å². The number of aromatic nitrogens is 3. The Morgan fingerprint density at radius 3 is 2.76 bits per heavy atom. The monoisotopic (exact) mass is 225 g/mol. The van der Waals surface area contributed by atoms with Gasteiger partial charge in [0.1, 0.15) is 5.65 Å². The third kappa shape index (κ3) is 1.45. The van der Waals surface area contributed by atoms with E-state index in [-0.39, 0.29) is 5.56 Å². The van der Waals surface area contributed by atoms with Gasteiger partial charge in [0.2, 0.25) is 0 Å². The molecule has 3 rings (SSSR count). The van der Waals surface area contributed by atoms with E-state index in [2.05, 4.69) is 10.2 Å². The van der Waals surface area contributed by atoms with E-state index >= 15 is 0 Å². The summed E-state index contributed by atoms with van der Waals surface area (Å²) in [5, 5.41) is 7.09. The highest BCUT2D eigenvalue weighted by Crippen LogP contribution is 2.20. The first-order valence-corrected chi connectivity index (χ1v) is 5.39. The second-order valence-corrected chi connectivity index (χ2v) is 3.95. The number of rotatable bonds is 1. The minimum absolute atomic E-state index is 0.0745. The number of nitrogens with one attached hydrogen (secondary N) is 1. The van der Waals surface area contributed by atoms with Gasteiger partial charge >= 0.3 is 0 Å². The lowest BCUT2D eigenvalue weighted by Crippen LogP contribution is -2.11. The molecular formula is C13H11N3O. The Balaban J connectivity index is 2.40. The molecule has 17 heavy (non-hydrogen) atoms. The number of hydrogen-bond donors (Lipinski definition) is 1. The van der Waals surface area contributed by atoms with Crippen LogP contribution in [0.2, 0.25) is 0 Å². The number of benzene rings is 1. The molecule has 0 bridgehead atoms. The minimum Gasteiger partial charge on any atom is -0.269 e. The fourth-order valence-corrected chi connectivity index (χ4v) is 1.96. The number of H-pyrrole nitrogens is 1. The van der Waals surface area contributed by atoms with Crippen LogP contribution in [0.25, 0.3) is 17.0 Å². The molecular weight excluding hydrogens is 214 g/mol. The Labute approximate surface area is 97.5 Å². The van der Waals surface area contributed by atoms with Crippen molar-refractivity contribution in [2.24, 2.45) is 0 Å². The normalized spacial score (nSPS) is 10.9. The molecule has 3 aromatic rings. The molecule has 84 valence electrons. The quantitative estimate of drug-likeness (QED) is 0.688. The van der Waals surface area contributed by atoms with Gasteiger partial charge in [0.05, 0.1) is 0 Å². The zero-order valence-corrected chi connectivity index (χ0v) is 9.34. The average Bonchev–Trinajstić information content (AvgIpc) is 2.75. The molecule has 0 aliphatic carbocycles. The average molecular weight is 225 g/mol. The first kappa shape index (κ1) is 9.84. The van der Waals surface area contributed by atoms with Gasteiger partial charge in [-0.05, 0) is 18.6 Å². The molecule has 0 aliphatic rings. The fourth-order valence-electron chi connectivity index (χ4n) is 1.96. The van der Waals surface area contributed by atoms with Gasteiger partial charge in [-0.15, -0.1) is 0 Å². The first-order chi connectivity index (χ1) is 8.27. The number of fused-ring (bicyclic) bond motifs is 1. The maximum atomic E-state index is 11.8. The third-order valence-electron chi connectivity index (χ3n) is 2.83. The van der Waals surface area contributed by atoms with Crippen LogP contribution < -0.4 is 5.56 Å². The molecule has 2 aromatic heterocycles. The summed E-state index contributed by atoms with van der Waals surface area (Å²) < 4.78 is 1.59. The molecule has 0 aliphatic heterocycles. The van der Waals surface area contributed by atoms with Crippen molar-refractivity contribution in [1.82, 2.24) is 14.6 Å². The Kier molecular flexibility index (Phi) is 2.08. The van der Waals surface area contributed by atoms with Gasteiger partial charge in [-0.3, -0.25) is 9.89 Å². The number of pyridine rings is 1. The van der Waals surface area contributed by atoms with Gasteiger partial charge in [-0.1, -0.05) is 30.3 Å².